The van der Waals surface area contributed by atoms with E-state index >= 15 is 0 Å². The van der Waals surface area contributed by atoms with Crippen LogP contribution in [0.5, 0.6) is 0 Å². The quantitative estimate of drug-likeness (QED) is 0.370. The number of esters is 1. The normalized spacial score (nSPS) is 15.1. The van der Waals surface area contributed by atoms with E-state index in [0.717, 1.165) is 16.0 Å². The Bertz CT molecular complexity index is 1330. The number of hydrogen-bond donors (Lipinski definition) is 1. The van der Waals surface area contributed by atoms with Crippen molar-refractivity contribution >= 4 is 35.6 Å². The lowest BCUT2D eigenvalue weighted by Gasteiger charge is -2.27. The summed E-state index contributed by atoms with van der Waals surface area (Å²) in [7, 11) is 1.29. The van der Waals surface area contributed by atoms with Crippen LogP contribution in [0.15, 0.2) is 64.6 Å². The fourth-order valence-corrected chi connectivity index (χ4v) is 3.56. The largest absolute Gasteiger partial charge is 0.465 e. The highest BCUT2D eigenvalue weighted by molar-refractivity contribution is 6.39. The van der Waals surface area contributed by atoms with Crippen LogP contribution in [0.2, 0.25) is 0 Å². The smallest absolute Gasteiger partial charge is 0.338 e. The van der Waals surface area contributed by atoms with E-state index in [2.05, 4.69) is 5.32 Å². The van der Waals surface area contributed by atoms with E-state index in [1.165, 1.54) is 13.2 Å². The number of carbonyl (C=O) groups is 4. The number of ether oxygens (including phenoxy) is 1. The molecule has 0 saturated carbocycles. The van der Waals surface area contributed by atoms with Crippen molar-refractivity contribution in [3.8, 4) is 11.3 Å². The van der Waals surface area contributed by atoms with Crippen molar-refractivity contribution in [2.75, 3.05) is 12.0 Å². The minimum atomic E-state index is -0.820. The topological polar surface area (TPSA) is 106 Å². The van der Waals surface area contributed by atoms with Crippen LogP contribution in [-0.2, 0) is 14.3 Å². The van der Waals surface area contributed by atoms with E-state index in [4.69, 9.17) is 9.15 Å². The van der Waals surface area contributed by atoms with Gasteiger partial charge in [-0.2, -0.15) is 0 Å². The molecule has 3 aromatic rings. The summed E-state index contributed by atoms with van der Waals surface area (Å²) in [6.45, 7) is 3.66. The van der Waals surface area contributed by atoms with Gasteiger partial charge in [-0.25, -0.2) is 14.5 Å². The van der Waals surface area contributed by atoms with Crippen molar-refractivity contribution in [2.24, 2.45) is 0 Å². The van der Waals surface area contributed by atoms with Crippen LogP contribution < -0.4 is 10.2 Å². The number of aryl methyl sites for hydroxylation is 1. The molecule has 4 rings (SSSR count). The van der Waals surface area contributed by atoms with Gasteiger partial charge in [0.1, 0.15) is 17.1 Å². The highest BCUT2D eigenvalue weighted by Crippen LogP contribution is 2.29. The molecule has 8 nitrogen and oxygen atoms in total. The van der Waals surface area contributed by atoms with Crippen molar-refractivity contribution < 1.29 is 28.3 Å². The molecule has 1 aliphatic rings. The molecule has 33 heavy (non-hydrogen) atoms. The predicted octanol–water partition coefficient (Wildman–Crippen LogP) is 4.02. The number of rotatable bonds is 4. The number of methoxy groups -OCH3 is 1. The van der Waals surface area contributed by atoms with Gasteiger partial charge in [0.15, 0.2) is 0 Å². The molecule has 1 saturated heterocycles. The second-order valence-corrected chi connectivity index (χ2v) is 7.42. The van der Waals surface area contributed by atoms with Gasteiger partial charge in [-0.1, -0.05) is 30.3 Å². The maximum Gasteiger partial charge on any atom is 0.338 e. The molecule has 1 N–H and O–H groups in total. The first-order chi connectivity index (χ1) is 15.8. The fraction of sp³-hybridized carbons (Fsp3) is 0.120. The Kier molecular flexibility index (Phi) is 5.66. The minimum Gasteiger partial charge on any atom is -0.465 e. The van der Waals surface area contributed by atoms with Gasteiger partial charge in [0.2, 0.25) is 0 Å². The third kappa shape index (κ3) is 3.94. The van der Waals surface area contributed by atoms with Crippen LogP contribution in [-0.4, -0.2) is 30.9 Å². The predicted molar refractivity (Wildman–Crippen MR) is 120 cm³/mol. The number of anilines is 1. The zero-order valence-electron chi connectivity index (χ0n) is 18.2. The molecule has 0 aliphatic carbocycles. The van der Waals surface area contributed by atoms with Crippen LogP contribution in [0.3, 0.4) is 0 Å². The van der Waals surface area contributed by atoms with Crippen LogP contribution in [0.25, 0.3) is 17.4 Å². The van der Waals surface area contributed by atoms with E-state index < -0.39 is 23.8 Å². The maximum atomic E-state index is 13.1. The number of carbonyl (C=O) groups excluding carboxylic acids is 4. The summed E-state index contributed by atoms with van der Waals surface area (Å²) in [5.74, 6) is -1.54. The third-order valence-corrected chi connectivity index (χ3v) is 5.43. The molecule has 4 amide bonds. The van der Waals surface area contributed by atoms with Gasteiger partial charge >= 0.3 is 12.0 Å². The lowest BCUT2D eigenvalue weighted by Crippen LogP contribution is -2.54. The molecular weight excluding hydrogens is 424 g/mol. The van der Waals surface area contributed by atoms with Crippen LogP contribution in [0.4, 0.5) is 10.5 Å². The highest BCUT2D eigenvalue weighted by Gasteiger charge is 2.37. The first-order valence-electron chi connectivity index (χ1n) is 10.1. The van der Waals surface area contributed by atoms with Gasteiger partial charge in [-0.15, -0.1) is 0 Å². The molecule has 1 aromatic heterocycles. The van der Waals surface area contributed by atoms with Crippen molar-refractivity contribution in [2.45, 2.75) is 13.8 Å². The fourth-order valence-electron chi connectivity index (χ4n) is 3.56. The number of barbiturate groups is 1. The Labute approximate surface area is 189 Å². The van der Waals surface area contributed by atoms with Crippen LogP contribution in [0, 0.1) is 13.8 Å². The SMILES string of the molecule is COC(=O)c1ccccc1-c1ccc(/C=C2/C(=O)NC(=O)N(c3cccc(C)c3C)C2=O)o1. The number of amides is 4. The van der Waals surface area contributed by atoms with E-state index in [9.17, 15) is 19.2 Å². The molecule has 2 aromatic carbocycles. The Morgan fingerprint density at radius 3 is 2.52 bits per heavy atom. The summed E-state index contributed by atoms with van der Waals surface area (Å²) < 4.78 is 10.6. The first-order valence-corrected chi connectivity index (χ1v) is 10.1. The van der Waals surface area contributed by atoms with E-state index in [1.807, 2.05) is 13.0 Å². The first kappa shape index (κ1) is 21.8. The third-order valence-electron chi connectivity index (χ3n) is 5.43. The average Bonchev–Trinajstić information content (AvgIpc) is 3.27. The van der Waals surface area contributed by atoms with Crippen LogP contribution in [0.1, 0.15) is 27.2 Å². The zero-order valence-corrected chi connectivity index (χ0v) is 18.2. The summed E-state index contributed by atoms with van der Waals surface area (Å²) in [6, 6.07) is 14.3. The molecule has 2 heterocycles. The Morgan fingerprint density at radius 1 is 1.00 bits per heavy atom. The number of nitrogens with one attached hydrogen (secondary N) is 1. The van der Waals surface area contributed by atoms with Crippen molar-refractivity contribution in [1.29, 1.82) is 0 Å². The van der Waals surface area contributed by atoms with Crippen molar-refractivity contribution in [3.05, 3.63) is 82.6 Å². The molecule has 0 unspecified atom stereocenters. The number of benzene rings is 2. The lowest BCUT2D eigenvalue weighted by molar-refractivity contribution is -0.122. The van der Waals surface area contributed by atoms with E-state index in [1.54, 1.807) is 55.5 Å². The zero-order chi connectivity index (χ0) is 23.7. The van der Waals surface area contributed by atoms with Gasteiger partial charge in [0.25, 0.3) is 11.8 Å². The summed E-state index contributed by atoms with van der Waals surface area (Å²) in [6.07, 6.45) is 1.27. The molecule has 0 radical (unpaired) electrons. The van der Waals surface area contributed by atoms with E-state index in [0.29, 0.717) is 22.6 Å². The van der Waals surface area contributed by atoms with E-state index in [-0.39, 0.29) is 11.3 Å². The second-order valence-electron chi connectivity index (χ2n) is 7.42. The Morgan fingerprint density at radius 2 is 1.76 bits per heavy atom. The summed E-state index contributed by atoms with van der Waals surface area (Å²) in [4.78, 5) is 51.1. The summed E-state index contributed by atoms with van der Waals surface area (Å²) in [5, 5.41) is 2.20. The second kappa shape index (κ2) is 8.58. The van der Waals surface area contributed by atoms with Gasteiger partial charge in [-0.05, 0) is 55.3 Å². The number of nitrogens with zero attached hydrogens (tertiary/aromatic N) is 1. The maximum absolute atomic E-state index is 13.1. The van der Waals surface area contributed by atoms with Crippen molar-refractivity contribution in [3.63, 3.8) is 0 Å². The monoisotopic (exact) mass is 444 g/mol. The summed E-state index contributed by atoms with van der Waals surface area (Å²) in [5.41, 5.74) is 2.60. The minimum absolute atomic E-state index is 0.207. The molecule has 1 aliphatic heterocycles. The van der Waals surface area contributed by atoms with Gasteiger partial charge in [-0.3, -0.25) is 14.9 Å². The van der Waals surface area contributed by atoms with Gasteiger partial charge in [0.05, 0.1) is 18.4 Å². The number of hydrogen-bond acceptors (Lipinski definition) is 6. The Hall–Kier alpha value is -4.46. The Balaban J connectivity index is 1.71. The van der Waals surface area contributed by atoms with Crippen molar-refractivity contribution in [1.82, 2.24) is 5.32 Å². The molecule has 8 heteroatoms. The number of furan rings is 1. The number of urea groups is 1. The molecular formula is C25H20N2O6. The summed E-state index contributed by atoms with van der Waals surface area (Å²) >= 11 is 0. The molecule has 0 spiro atoms. The molecule has 0 bridgehead atoms. The number of imide groups is 2. The van der Waals surface area contributed by atoms with Crippen LogP contribution >= 0.6 is 0 Å². The van der Waals surface area contributed by atoms with Gasteiger partial charge < -0.3 is 9.15 Å². The molecule has 1 fully saturated rings. The lowest BCUT2D eigenvalue weighted by atomic mass is 10.0. The van der Waals surface area contributed by atoms with Gasteiger partial charge in [0, 0.05) is 5.56 Å². The molecule has 0 atom stereocenters. The highest BCUT2D eigenvalue weighted by atomic mass is 16.5. The average molecular weight is 444 g/mol. The molecule has 166 valence electrons. The standard InChI is InChI=1S/C25H20N2O6/c1-14-7-6-10-20(15(14)2)27-23(29)19(22(28)26-25(27)31)13-16-11-12-21(33-16)17-8-4-5-9-18(17)24(30)32-3/h4-13H,1-3H3,(H,26,28,31)/b19-13-.